The summed E-state index contributed by atoms with van der Waals surface area (Å²) >= 11 is 3.11. The molecule has 0 aromatic carbocycles. The van der Waals surface area contributed by atoms with E-state index in [0.29, 0.717) is 31.7 Å². The maximum atomic E-state index is 14.5. The average molecular weight is 371 g/mol. The van der Waals surface area contributed by atoms with Gasteiger partial charge in [0.2, 0.25) is 0 Å². The third-order valence-corrected chi connectivity index (χ3v) is 5.39. The summed E-state index contributed by atoms with van der Waals surface area (Å²) < 4.78 is 19.1. The Kier molecular flexibility index (Phi) is 3.92. The van der Waals surface area contributed by atoms with Gasteiger partial charge in [-0.25, -0.2) is 14.2 Å². The van der Waals surface area contributed by atoms with Crippen molar-refractivity contribution < 1.29 is 18.7 Å². The first-order chi connectivity index (χ1) is 10.5. The summed E-state index contributed by atoms with van der Waals surface area (Å²) in [5.74, 6) is -0.623. The highest BCUT2D eigenvalue weighted by atomic mass is 79.9. The van der Waals surface area contributed by atoms with Crippen LogP contribution in [0, 0.1) is 11.2 Å². The van der Waals surface area contributed by atoms with E-state index in [-0.39, 0.29) is 21.3 Å². The van der Waals surface area contributed by atoms with Gasteiger partial charge in [-0.15, -0.1) is 0 Å². The van der Waals surface area contributed by atoms with Crippen molar-refractivity contribution in [2.45, 2.75) is 25.7 Å². The Labute approximate surface area is 136 Å². The van der Waals surface area contributed by atoms with Crippen LogP contribution < -0.4 is 4.90 Å². The van der Waals surface area contributed by atoms with E-state index in [2.05, 4.69) is 25.7 Å². The number of esters is 1. The summed E-state index contributed by atoms with van der Waals surface area (Å²) in [5.41, 5.74) is 0.203. The molecule has 1 saturated heterocycles. The molecule has 118 valence electrons. The molecule has 1 saturated carbocycles. The van der Waals surface area contributed by atoms with Gasteiger partial charge in [0.1, 0.15) is 5.78 Å². The number of anilines is 1. The first kappa shape index (κ1) is 15.4. The van der Waals surface area contributed by atoms with Gasteiger partial charge in [-0.2, -0.15) is 0 Å². The van der Waals surface area contributed by atoms with E-state index < -0.39 is 11.8 Å². The zero-order valence-corrected chi connectivity index (χ0v) is 13.8. The zero-order chi connectivity index (χ0) is 15.9. The lowest BCUT2D eigenvalue weighted by Crippen LogP contribution is -2.47. The number of Topliss-reactive ketones (excluding diaryl/α,β-unsaturated/α-hetero) is 1. The quantitative estimate of drug-likeness (QED) is 0.749. The van der Waals surface area contributed by atoms with Crippen LogP contribution in [-0.4, -0.2) is 36.9 Å². The first-order valence-corrected chi connectivity index (χ1v) is 7.94. The van der Waals surface area contributed by atoms with Gasteiger partial charge in [0, 0.05) is 32.1 Å². The van der Waals surface area contributed by atoms with Crippen molar-refractivity contribution in [3.8, 4) is 0 Å². The minimum atomic E-state index is -0.629. The Hall–Kier alpha value is -1.50. The number of methoxy groups -OCH3 is 1. The van der Waals surface area contributed by atoms with E-state index in [1.807, 2.05) is 4.90 Å². The highest BCUT2D eigenvalue weighted by molar-refractivity contribution is 9.10. The van der Waals surface area contributed by atoms with E-state index in [9.17, 15) is 14.0 Å². The second kappa shape index (κ2) is 5.61. The highest BCUT2D eigenvalue weighted by Crippen LogP contribution is 2.47. The molecule has 1 aromatic heterocycles. The minimum absolute atomic E-state index is 0.0711. The number of rotatable bonds is 2. The molecule has 0 amide bonds. The Morgan fingerprint density at radius 2 is 2.05 bits per heavy atom. The van der Waals surface area contributed by atoms with Crippen molar-refractivity contribution in [3.05, 3.63) is 22.1 Å². The maximum absolute atomic E-state index is 14.5. The second-order valence-corrected chi connectivity index (χ2v) is 6.79. The number of aromatic nitrogens is 1. The Balaban J connectivity index is 1.77. The monoisotopic (exact) mass is 370 g/mol. The summed E-state index contributed by atoms with van der Waals surface area (Å²) in [4.78, 5) is 28.7. The Morgan fingerprint density at radius 3 is 2.59 bits per heavy atom. The minimum Gasteiger partial charge on any atom is -0.465 e. The van der Waals surface area contributed by atoms with Crippen LogP contribution in [0.1, 0.15) is 36.0 Å². The Bertz CT molecular complexity index is 632. The molecule has 1 spiro atoms. The van der Waals surface area contributed by atoms with Gasteiger partial charge in [0.15, 0.2) is 11.6 Å². The SMILES string of the molecule is COC(=O)c1cnc(N2CCC3(CC2)CC(=O)C3)c(F)c1Br. The molecule has 22 heavy (non-hydrogen) atoms. The molecule has 0 unspecified atom stereocenters. The van der Waals surface area contributed by atoms with Crippen molar-refractivity contribution in [1.29, 1.82) is 0 Å². The van der Waals surface area contributed by atoms with Gasteiger partial charge in [0.05, 0.1) is 17.1 Å². The second-order valence-electron chi connectivity index (χ2n) is 5.99. The molecular weight excluding hydrogens is 355 g/mol. The van der Waals surface area contributed by atoms with Crippen LogP contribution in [0.5, 0.6) is 0 Å². The fraction of sp³-hybridized carbons (Fsp3) is 0.533. The van der Waals surface area contributed by atoms with Gasteiger partial charge in [-0.1, -0.05) is 0 Å². The summed E-state index contributed by atoms with van der Waals surface area (Å²) in [6.45, 7) is 1.34. The molecule has 0 radical (unpaired) electrons. The van der Waals surface area contributed by atoms with Gasteiger partial charge in [-0.3, -0.25) is 4.79 Å². The molecule has 5 nitrogen and oxygen atoms in total. The number of piperidine rings is 1. The van der Waals surface area contributed by atoms with E-state index in [4.69, 9.17) is 0 Å². The third-order valence-electron chi connectivity index (χ3n) is 4.61. The fourth-order valence-corrected chi connectivity index (χ4v) is 3.70. The third kappa shape index (κ3) is 2.51. The lowest BCUT2D eigenvalue weighted by Gasteiger charge is -2.47. The maximum Gasteiger partial charge on any atom is 0.340 e. The van der Waals surface area contributed by atoms with Crippen molar-refractivity contribution in [2.24, 2.45) is 5.41 Å². The van der Waals surface area contributed by atoms with Gasteiger partial charge in [0.25, 0.3) is 0 Å². The molecule has 1 aliphatic heterocycles. The largest absolute Gasteiger partial charge is 0.465 e. The van der Waals surface area contributed by atoms with Crippen molar-refractivity contribution in [2.75, 3.05) is 25.1 Å². The van der Waals surface area contributed by atoms with Crippen molar-refractivity contribution in [1.82, 2.24) is 4.98 Å². The predicted octanol–water partition coefficient (Wildman–Crippen LogP) is 2.72. The lowest BCUT2D eigenvalue weighted by molar-refractivity contribution is -0.133. The highest BCUT2D eigenvalue weighted by Gasteiger charge is 2.45. The standard InChI is InChI=1S/C15H16BrFN2O3/c1-22-14(21)10-8-18-13(12(17)11(10)16)19-4-2-15(3-5-19)6-9(20)7-15/h8H,2-7H2,1H3. The van der Waals surface area contributed by atoms with Gasteiger partial charge in [-0.05, 0) is 34.2 Å². The number of carbonyl (C=O) groups is 2. The number of hydrogen-bond donors (Lipinski definition) is 0. The van der Waals surface area contributed by atoms with Crippen molar-refractivity contribution in [3.63, 3.8) is 0 Å². The number of ether oxygens (including phenoxy) is 1. The molecular formula is C15H16BrFN2O3. The van der Waals surface area contributed by atoms with Gasteiger partial charge < -0.3 is 9.64 Å². The predicted molar refractivity (Wildman–Crippen MR) is 81.4 cm³/mol. The molecule has 3 rings (SSSR count). The van der Waals surface area contributed by atoms with Crippen LogP contribution in [0.2, 0.25) is 0 Å². The molecule has 7 heteroatoms. The molecule has 1 aromatic rings. The van der Waals surface area contributed by atoms with Crippen molar-refractivity contribution >= 4 is 33.5 Å². The normalized spacial score (nSPS) is 20.0. The summed E-state index contributed by atoms with van der Waals surface area (Å²) in [6.07, 6.45) is 4.38. The van der Waals surface area contributed by atoms with E-state index in [1.54, 1.807) is 0 Å². The molecule has 0 N–H and O–H groups in total. The molecule has 2 heterocycles. The van der Waals surface area contributed by atoms with Crippen LogP contribution in [0.25, 0.3) is 0 Å². The summed E-state index contributed by atoms with van der Waals surface area (Å²) in [7, 11) is 1.24. The lowest BCUT2D eigenvalue weighted by atomic mass is 9.62. The number of hydrogen-bond acceptors (Lipinski definition) is 5. The number of halogens is 2. The molecule has 2 fully saturated rings. The van der Waals surface area contributed by atoms with Crippen LogP contribution in [-0.2, 0) is 9.53 Å². The summed E-state index contributed by atoms with van der Waals surface area (Å²) in [6, 6.07) is 0. The van der Waals surface area contributed by atoms with Gasteiger partial charge >= 0.3 is 5.97 Å². The topological polar surface area (TPSA) is 59.5 Å². The fourth-order valence-electron chi connectivity index (χ4n) is 3.26. The number of ketones is 1. The molecule has 2 aliphatic rings. The summed E-state index contributed by atoms with van der Waals surface area (Å²) in [5, 5.41) is 0. The van der Waals surface area contributed by atoms with E-state index >= 15 is 0 Å². The number of pyridine rings is 1. The van der Waals surface area contributed by atoms with Crippen LogP contribution in [0.3, 0.4) is 0 Å². The molecule has 0 bridgehead atoms. The molecule has 0 atom stereocenters. The zero-order valence-electron chi connectivity index (χ0n) is 12.2. The average Bonchev–Trinajstić information content (AvgIpc) is 2.49. The molecule has 1 aliphatic carbocycles. The van der Waals surface area contributed by atoms with Crippen LogP contribution in [0.4, 0.5) is 10.2 Å². The van der Waals surface area contributed by atoms with E-state index in [1.165, 1.54) is 13.3 Å². The first-order valence-electron chi connectivity index (χ1n) is 7.15. The number of carbonyl (C=O) groups excluding carboxylic acids is 2. The van der Waals surface area contributed by atoms with E-state index in [0.717, 1.165) is 12.8 Å². The number of nitrogens with zero attached hydrogens (tertiary/aromatic N) is 2. The Morgan fingerprint density at radius 1 is 1.41 bits per heavy atom. The van der Waals surface area contributed by atoms with Crippen LogP contribution >= 0.6 is 15.9 Å². The smallest absolute Gasteiger partial charge is 0.340 e. The van der Waals surface area contributed by atoms with Crippen LogP contribution in [0.15, 0.2) is 10.7 Å².